The normalized spacial score (nSPS) is 25.5. The Balaban J connectivity index is 2.17. The monoisotopic (exact) mass is 265 g/mol. The van der Waals surface area contributed by atoms with Gasteiger partial charge in [0.1, 0.15) is 11.6 Å². The lowest BCUT2D eigenvalue weighted by Crippen LogP contribution is -2.40. The third-order valence-corrected chi connectivity index (χ3v) is 4.64. The Morgan fingerprint density at radius 3 is 2.68 bits per heavy atom. The number of benzene rings is 1. The molecular weight excluding hydrogens is 241 g/mol. The van der Waals surface area contributed by atoms with Gasteiger partial charge in [-0.15, -0.1) is 0 Å². The summed E-state index contributed by atoms with van der Waals surface area (Å²) in [6.07, 6.45) is 5.03. The molecule has 0 spiro atoms. The highest BCUT2D eigenvalue weighted by atomic mass is 19.1. The number of halogens is 1. The van der Waals surface area contributed by atoms with Gasteiger partial charge in [-0.3, -0.25) is 4.90 Å². The van der Waals surface area contributed by atoms with Crippen LogP contribution < -0.4 is 0 Å². The molecule has 0 aliphatic heterocycles. The molecule has 1 aliphatic rings. The van der Waals surface area contributed by atoms with E-state index in [0.717, 1.165) is 0 Å². The summed E-state index contributed by atoms with van der Waals surface area (Å²) in [7, 11) is 2.08. The lowest BCUT2D eigenvalue weighted by atomic mass is 9.84. The quantitative estimate of drug-likeness (QED) is 0.889. The minimum absolute atomic E-state index is 0.0289. The maximum absolute atomic E-state index is 13.4. The zero-order valence-electron chi connectivity index (χ0n) is 12.1. The lowest BCUT2D eigenvalue weighted by molar-refractivity contribution is 0.102. The molecule has 1 aromatic carbocycles. The smallest absolute Gasteiger partial charge is 0.123 e. The fourth-order valence-electron chi connectivity index (χ4n) is 3.27. The number of aromatic hydroxyl groups is 1. The second-order valence-electron chi connectivity index (χ2n) is 5.87. The first-order valence-corrected chi connectivity index (χ1v) is 7.21. The van der Waals surface area contributed by atoms with Gasteiger partial charge in [0, 0.05) is 17.6 Å². The van der Waals surface area contributed by atoms with Crippen molar-refractivity contribution in [2.24, 2.45) is 5.92 Å². The minimum atomic E-state index is -0.287. The maximum atomic E-state index is 13.4. The Morgan fingerprint density at radius 2 is 2.00 bits per heavy atom. The summed E-state index contributed by atoms with van der Waals surface area (Å²) in [5, 5.41) is 9.93. The highest BCUT2D eigenvalue weighted by Gasteiger charge is 2.29. The highest BCUT2D eigenvalue weighted by Crippen LogP contribution is 2.35. The Bertz CT molecular complexity index is 435. The van der Waals surface area contributed by atoms with Crippen LogP contribution in [0.25, 0.3) is 0 Å². The zero-order valence-corrected chi connectivity index (χ0v) is 12.1. The fourth-order valence-corrected chi connectivity index (χ4v) is 3.27. The number of nitrogens with zero attached hydrogens (tertiary/aromatic N) is 1. The average Bonchev–Trinajstić information content (AvgIpc) is 2.40. The Labute approximate surface area is 115 Å². The van der Waals surface area contributed by atoms with Crippen LogP contribution in [0, 0.1) is 11.7 Å². The molecule has 3 atom stereocenters. The molecule has 1 aromatic rings. The maximum Gasteiger partial charge on any atom is 0.123 e. The van der Waals surface area contributed by atoms with Gasteiger partial charge in [-0.05, 0) is 50.9 Å². The molecule has 0 bridgehead atoms. The average molecular weight is 265 g/mol. The molecule has 0 saturated heterocycles. The van der Waals surface area contributed by atoms with Gasteiger partial charge in [0.25, 0.3) is 0 Å². The first kappa shape index (κ1) is 14.3. The Morgan fingerprint density at radius 1 is 1.32 bits per heavy atom. The molecule has 1 aliphatic carbocycles. The first-order chi connectivity index (χ1) is 9.00. The molecule has 2 rings (SSSR count). The third-order valence-electron chi connectivity index (χ3n) is 4.64. The van der Waals surface area contributed by atoms with Crippen LogP contribution in [0.3, 0.4) is 0 Å². The lowest BCUT2D eigenvalue weighted by Gasteiger charge is -2.40. The van der Waals surface area contributed by atoms with Gasteiger partial charge in [0.2, 0.25) is 0 Å². The number of rotatable bonds is 3. The summed E-state index contributed by atoms with van der Waals surface area (Å²) < 4.78 is 13.4. The molecular formula is C16H24FNO. The van der Waals surface area contributed by atoms with E-state index in [1.165, 1.54) is 43.9 Å². The van der Waals surface area contributed by atoms with Crippen molar-refractivity contribution >= 4 is 0 Å². The number of hydrogen-bond acceptors (Lipinski definition) is 2. The van der Waals surface area contributed by atoms with Crippen LogP contribution >= 0.6 is 0 Å². The highest BCUT2D eigenvalue weighted by molar-refractivity contribution is 5.35. The van der Waals surface area contributed by atoms with Gasteiger partial charge >= 0.3 is 0 Å². The summed E-state index contributed by atoms with van der Waals surface area (Å²) in [5.41, 5.74) is 0.681. The molecule has 2 nitrogen and oxygen atoms in total. The van der Waals surface area contributed by atoms with Gasteiger partial charge in [-0.1, -0.05) is 19.8 Å². The van der Waals surface area contributed by atoms with Crippen molar-refractivity contribution in [3.63, 3.8) is 0 Å². The number of phenolic OH excluding ortho intramolecular Hbond substituents is 1. The van der Waals surface area contributed by atoms with E-state index in [0.29, 0.717) is 17.5 Å². The Hall–Kier alpha value is -1.09. The zero-order chi connectivity index (χ0) is 14.0. The van der Waals surface area contributed by atoms with Crippen LogP contribution in [0.1, 0.15) is 51.1 Å². The van der Waals surface area contributed by atoms with Crippen LogP contribution in [-0.4, -0.2) is 23.1 Å². The third kappa shape index (κ3) is 3.08. The van der Waals surface area contributed by atoms with Crippen molar-refractivity contribution < 1.29 is 9.50 Å². The first-order valence-electron chi connectivity index (χ1n) is 7.21. The van der Waals surface area contributed by atoms with Crippen molar-refractivity contribution in [2.75, 3.05) is 7.05 Å². The second-order valence-corrected chi connectivity index (χ2v) is 5.87. The molecule has 1 N–H and O–H groups in total. The van der Waals surface area contributed by atoms with E-state index in [1.54, 1.807) is 0 Å². The Kier molecular flexibility index (Phi) is 4.46. The van der Waals surface area contributed by atoms with Crippen LogP contribution in [-0.2, 0) is 0 Å². The molecule has 1 saturated carbocycles. The van der Waals surface area contributed by atoms with Crippen molar-refractivity contribution in [1.82, 2.24) is 4.90 Å². The van der Waals surface area contributed by atoms with E-state index in [4.69, 9.17) is 0 Å². The summed E-state index contributed by atoms with van der Waals surface area (Å²) in [6, 6.07) is 4.74. The van der Waals surface area contributed by atoms with Crippen molar-refractivity contribution in [2.45, 2.75) is 51.6 Å². The van der Waals surface area contributed by atoms with Crippen molar-refractivity contribution in [3.05, 3.63) is 29.6 Å². The van der Waals surface area contributed by atoms with E-state index in [9.17, 15) is 9.50 Å². The molecule has 106 valence electrons. The second kappa shape index (κ2) is 5.91. The van der Waals surface area contributed by atoms with Gasteiger partial charge in [0.05, 0.1) is 0 Å². The predicted octanol–water partition coefficient (Wildman–Crippen LogP) is 4.10. The van der Waals surface area contributed by atoms with Crippen LogP contribution in [0.5, 0.6) is 5.75 Å². The van der Waals surface area contributed by atoms with Gasteiger partial charge in [0.15, 0.2) is 0 Å². The minimum Gasteiger partial charge on any atom is -0.508 e. The van der Waals surface area contributed by atoms with Crippen molar-refractivity contribution in [1.29, 1.82) is 0 Å². The van der Waals surface area contributed by atoms with E-state index >= 15 is 0 Å². The van der Waals surface area contributed by atoms with E-state index < -0.39 is 0 Å². The fraction of sp³-hybridized carbons (Fsp3) is 0.625. The molecule has 3 unspecified atom stereocenters. The van der Waals surface area contributed by atoms with Crippen molar-refractivity contribution in [3.8, 4) is 5.75 Å². The standard InChI is InChI=1S/C16H24FNO/c1-11-6-4-5-7-15(11)18(3)12(2)14-10-13(17)8-9-16(14)19/h8-12,15,19H,4-7H2,1-3H3. The van der Waals surface area contributed by atoms with E-state index in [2.05, 4.69) is 18.9 Å². The molecule has 0 heterocycles. The van der Waals surface area contributed by atoms with Crippen LogP contribution in [0.4, 0.5) is 4.39 Å². The molecule has 19 heavy (non-hydrogen) atoms. The largest absolute Gasteiger partial charge is 0.508 e. The molecule has 3 heteroatoms. The predicted molar refractivity (Wildman–Crippen MR) is 75.7 cm³/mol. The van der Waals surface area contributed by atoms with Gasteiger partial charge in [-0.2, -0.15) is 0 Å². The van der Waals surface area contributed by atoms with Crippen LogP contribution in [0.15, 0.2) is 18.2 Å². The molecule has 0 radical (unpaired) electrons. The van der Waals surface area contributed by atoms with Gasteiger partial charge in [-0.25, -0.2) is 4.39 Å². The van der Waals surface area contributed by atoms with Gasteiger partial charge < -0.3 is 5.11 Å². The SMILES string of the molecule is CC1CCCCC1N(C)C(C)c1cc(F)ccc1O. The summed E-state index contributed by atoms with van der Waals surface area (Å²) >= 11 is 0. The topological polar surface area (TPSA) is 23.5 Å². The number of hydrogen-bond donors (Lipinski definition) is 1. The van der Waals surface area contributed by atoms with E-state index in [1.807, 2.05) is 6.92 Å². The van der Waals surface area contributed by atoms with Crippen LogP contribution in [0.2, 0.25) is 0 Å². The molecule has 0 aromatic heterocycles. The summed E-state index contributed by atoms with van der Waals surface area (Å²) in [4.78, 5) is 2.29. The summed E-state index contributed by atoms with van der Waals surface area (Å²) in [6.45, 7) is 4.33. The molecule has 1 fully saturated rings. The number of phenols is 1. The molecule has 0 amide bonds. The van der Waals surface area contributed by atoms with E-state index in [-0.39, 0.29) is 17.6 Å². The summed E-state index contributed by atoms with van der Waals surface area (Å²) in [5.74, 6) is 0.561.